The predicted molar refractivity (Wildman–Crippen MR) is 76.8 cm³/mol. The van der Waals surface area contributed by atoms with Crippen LogP contribution in [0.15, 0.2) is 6.33 Å². The highest BCUT2D eigenvalue weighted by atomic mass is 16.1. The van der Waals surface area contributed by atoms with Gasteiger partial charge in [-0.3, -0.25) is 9.69 Å². The summed E-state index contributed by atoms with van der Waals surface area (Å²) in [5.74, 6) is 1.29. The summed E-state index contributed by atoms with van der Waals surface area (Å²) in [6, 6.07) is 0.335. The Kier molecular flexibility index (Phi) is 5.11. The average molecular weight is 279 g/mol. The largest absolute Gasteiger partial charge is 0.370 e. The summed E-state index contributed by atoms with van der Waals surface area (Å²) in [5.41, 5.74) is 5.30. The Balaban J connectivity index is 1.91. The highest BCUT2D eigenvalue weighted by molar-refractivity contribution is 5.73. The molecule has 1 fully saturated rings. The quantitative estimate of drug-likeness (QED) is 0.882. The molecule has 0 saturated carbocycles. The van der Waals surface area contributed by atoms with E-state index in [1.165, 1.54) is 0 Å². The molecule has 2 heterocycles. The first kappa shape index (κ1) is 15.0. The SMILES string of the molecule is CC(C)n1ncnc1CN1CCCC(CC(N)=O)CC1. The fourth-order valence-corrected chi connectivity index (χ4v) is 2.89. The van der Waals surface area contributed by atoms with E-state index >= 15 is 0 Å². The van der Waals surface area contributed by atoms with Gasteiger partial charge in [-0.15, -0.1) is 0 Å². The summed E-state index contributed by atoms with van der Waals surface area (Å²) >= 11 is 0. The first-order valence-corrected chi connectivity index (χ1v) is 7.45. The third-order valence-corrected chi connectivity index (χ3v) is 3.93. The molecule has 2 rings (SSSR count). The van der Waals surface area contributed by atoms with Gasteiger partial charge < -0.3 is 5.73 Å². The van der Waals surface area contributed by atoms with Gasteiger partial charge in [0.25, 0.3) is 0 Å². The van der Waals surface area contributed by atoms with Gasteiger partial charge in [-0.1, -0.05) is 0 Å². The Morgan fingerprint density at radius 3 is 2.95 bits per heavy atom. The summed E-state index contributed by atoms with van der Waals surface area (Å²) in [6.45, 7) is 7.12. The number of likely N-dealkylation sites (tertiary alicyclic amines) is 1. The molecular weight excluding hydrogens is 254 g/mol. The second-order valence-corrected chi connectivity index (χ2v) is 5.96. The number of nitrogens with zero attached hydrogens (tertiary/aromatic N) is 4. The Labute approximate surface area is 120 Å². The molecule has 6 heteroatoms. The zero-order valence-electron chi connectivity index (χ0n) is 12.5. The molecular formula is C14H25N5O. The van der Waals surface area contributed by atoms with Gasteiger partial charge in [-0.2, -0.15) is 5.10 Å². The number of amides is 1. The molecule has 1 unspecified atom stereocenters. The number of nitrogens with two attached hydrogens (primary N) is 1. The fourth-order valence-electron chi connectivity index (χ4n) is 2.89. The number of hydrogen-bond acceptors (Lipinski definition) is 4. The van der Waals surface area contributed by atoms with E-state index in [-0.39, 0.29) is 5.91 Å². The summed E-state index contributed by atoms with van der Waals surface area (Å²) in [7, 11) is 0. The van der Waals surface area contributed by atoms with Crippen LogP contribution in [-0.4, -0.2) is 38.7 Å². The van der Waals surface area contributed by atoms with E-state index in [1.54, 1.807) is 6.33 Å². The number of aromatic nitrogens is 3. The molecule has 1 atom stereocenters. The maximum atomic E-state index is 11.0. The summed E-state index contributed by atoms with van der Waals surface area (Å²) in [5, 5.41) is 4.28. The van der Waals surface area contributed by atoms with E-state index in [0.717, 1.165) is 44.7 Å². The minimum Gasteiger partial charge on any atom is -0.370 e. The molecule has 0 spiro atoms. The van der Waals surface area contributed by atoms with Gasteiger partial charge in [0.1, 0.15) is 12.2 Å². The summed E-state index contributed by atoms with van der Waals surface area (Å²) in [4.78, 5) is 17.8. The van der Waals surface area contributed by atoms with Crippen LogP contribution in [0.3, 0.4) is 0 Å². The second-order valence-electron chi connectivity index (χ2n) is 5.96. The molecule has 1 aromatic rings. The van der Waals surface area contributed by atoms with Crippen LogP contribution in [0.4, 0.5) is 0 Å². The normalized spacial score (nSPS) is 21.1. The zero-order chi connectivity index (χ0) is 14.5. The molecule has 1 aromatic heterocycles. The van der Waals surface area contributed by atoms with Crippen molar-refractivity contribution in [3.05, 3.63) is 12.2 Å². The molecule has 1 amide bonds. The van der Waals surface area contributed by atoms with Crippen molar-refractivity contribution in [3.63, 3.8) is 0 Å². The topological polar surface area (TPSA) is 77.0 Å². The zero-order valence-corrected chi connectivity index (χ0v) is 12.5. The lowest BCUT2D eigenvalue weighted by atomic mass is 9.97. The molecule has 0 bridgehead atoms. The van der Waals surface area contributed by atoms with Gasteiger partial charge >= 0.3 is 0 Å². The Morgan fingerprint density at radius 2 is 2.25 bits per heavy atom. The summed E-state index contributed by atoms with van der Waals surface area (Å²) < 4.78 is 1.98. The first-order valence-electron chi connectivity index (χ1n) is 7.45. The lowest BCUT2D eigenvalue weighted by molar-refractivity contribution is -0.119. The third-order valence-electron chi connectivity index (χ3n) is 3.93. The highest BCUT2D eigenvalue weighted by Gasteiger charge is 2.20. The van der Waals surface area contributed by atoms with Gasteiger partial charge in [0.2, 0.25) is 5.91 Å². The molecule has 1 saturated heterocycles. The van der Waals surface area contributed by atoms with Crippen molar-refractivity contribution in [3.8, 4) is 0 Å². The van der Waals surface area contributed by atoms with Crippen molar-refractivity contribution < 1.29 is 4.79 Å². The van der Waals surface area contributed by atoms with Crippen LogP contribution in [0.2, 0.25) is 0 Å². The van der Waals surface area contributed by atoms with Crippen molar-refractivity contribution in [1.82, 2.24) is 19.7 Å². The number of hydrogen-bond donors (Lipinski definition) is 1. The van der Waals surface area contributed by atoms with Crippen molar-refractivity contribution in [2.45, 2.75) is 52.1 Å². The van der Waals surface area contributed by atoms with E-state index in [1.807, 2.05) is 4.68 Å². The standard InChI is InChI=1S/C14H25N5O/c1-11(2)19-14(16-10-17-19)9-18-6-3-4-12(5-7-18)8-13(15)20/h10-12H,3-9H2,1-2H3,(H2,15,20). The first-order chi connectivity index (χ1) is 9.56. The molecule has 112 valence electrons. The van der Waals surface area contributed by atoms with Crippen LogP contribution < -0.4 is 5.73 Å². The lowest BCUT2D eigenvalue weighted by Crippen LogP contribution is -2.27. The number of carbonyl (C=O) groups is 1. The van der Waals surface area contributed by atoms with E-state index in [9.17, 15) is 4.79 Å². The smallest absolute Gasteiger partial charge is 0.217 e. The highest BCUT2D eigenvalue weighted by Crippen LogP contribution is 2.21. The minimum atomic E-state index is -0.178. The third kappa shape index (κ3) is 4.03. The molecule has 0 radical (unpaired) electrons. The van der Waals surface area contributed by atoms with Gasteiger partial charge in [0.05, 0.1) is 6.54 Å². The maximum Gasteiger partial charge on any atom is 0.217 e. The Bertz CT molecular complexity index is 443. The van der Waals surface area contributed by atoms with Gasteiger partial charge in [-0.05, 0) is 52.1 Å². The van der Waals surface area contributed by atoms with Crippen LogP contribution >= 0.6 is 0 Å². The number of primary amides is 1. The van der Waals surface area contributed by atoms with Crippen molar-refractivity contribution >= 4 is 5.91 Å². The van der Waals surface area contributed by atoms with E-state index in [2.05, 4.69) is 28.8 Å². The fraction of sp³-hybridized carbons (Fsp3) is 0.786. The predicted octanol–water partition coefficient (Wildman–Crippen LogP) is 1.34. The molecule has 0 aromatic carbocycles. The van der Waals surface area contributed by atoms with E-state index in [4.69, 9.17) is 5.73 Å². The number of rotatable bonds is 5. The summed E-state index contributed by atoms with van der Waals surface area (Å²) in [6.07, 6.45) is 5.40. The Morgan fingerprint density at radius 1 is 1.45 bits per heavy atom. The van der Waals surface area contributed by atoms with Crippen molar-refractivity contribution in [2.24, 2.45) is 11.7 Å². The maximum absolute atomic E-state index is 11.0. The minimum absolute atomic E-state index is 0.178. The van der Waals surface area contributed by atoms with Crippen molar-refractivity contribution in [2.75, 3.05) is 13.1 Å². The van der Waals surface area contributed by atoms with Gasteiger partial charge in [0, 0.05) is 12.5 Å². The van der Waals surface area contributed by atoms with Crippen LogP contribution in [-0.2, 0) is 11.3 Å². The monoisotopic (exact) mass is 279 g/mol. The average Bonchev–Trinajstić information content (AvgIpc) is 2.72. The van der Waals surface area contributed by atoms with Gasteiger partial charge in [-0.25, -0.2) is 9.67 Å². The van der Waals surface area contributed by atoms with Crippen molar-refractivity contribution in [1.29, 1.82) is 0 Å². The van der Waals surface area contributed by atoms with Crippen LogP contribution in [0.1, 0.15) is 51.4 Å². The van der Waals surface area contributed by atoms with E-state index in [0.29, 0.717) is 18.4 Å². The molecule has 1 aliphatic heterocycles. The van der Waals surface area contributed by atoms with Crippen LogP contribution in [0, 0.1) is 5.92 Å². The molecule has 2 N–H and O–H groups in total. The molecule has 20 heavy (non-hydrogen) atoms. The van der Waals surface area contributed by atoms with E-state index < -0.39 is 0 Å². The second kappa shape index (κ2) is 6.83. The molecule has 0 aliphatic carbocycles. The molecule has 1 aliphatic rings. The van der Waals surface area contributed by atoms with Gasteiger partial charge in [0.15, 0.2) is 0 Å². The number of carbonyl (C=O) groups excluding carboxylic acids is 1. The Hall–Kier alpha value is -1.43. The lowest BCUT2D eigenvalue weighted by Gasteiger charge is -2.20. The van der Waals surface area contributed by atoms with Crippen LogP contribution in [0.25, 0.3) is 0 Å². The van der Waals surface area contributed by atoms with Crippen LogP contribution in [0.5, 0.6) is 0 Å². The molecule has 6 nitrogen and oxygen atoms in total.